The molecule has 0 aliphatic heterocycles. The Balaban J connectivity index is 1.95. The lowest BCUT2D eigenvalue weighted by atomic mass is 9.90. The second kappa shape index (κ2) is 6.47. The molecule has 0 fully saturated rings. The van der Waals surface area contributed by atoms with E-state index < -0.39 is 37.5 Å². The highest BCUT2D eigenvalue weighted by molar-refractivity contribution is 7.96. The van der Waals surface area contributed by atoms with E-state index in [1.807, 2.05) is 24.3 Å². The molecule has 0 heterocycles. The molecule has 1 unspecified atom stereocenters. The lowest BCUT2D eigenvalue weighted by Gasteiger charge is -2.21. The van der Waals surface area contributed by atoms with Crippen molar-refractivity contribution >= 4 is 26.5 Å². The predicted octanol–water partition coefficient (Wildman–Crippen LogP) is 3.07. The second-order valence-corrected chi connectivity index (χ2v) is 7.98. The van der Waals surface area contributed by atoms with Crippen LogP contribution >= 0.6 is 0 Å². The molecule has 2 aromatic rings. The number of benzene rings is 2. The highest BCUT2D eigenvalue weighted by Crippen LogP contribution is 2.33. The van der Waals surface area contributed by atoms with Gasteiger partial charge in [0.05, 0.1) is 9.83 Å². The van der Waals surface area contributed by atoms with Crippen molar-refractivity contribution in [3.05, 3.63) is 85.4 Å². The molecule has 1 N–H and O–H groups in total. The zero-order valence-corrected chi connectivity index (χ0v) is 15.0. The molecule has 0 saturated carbocycles. The molecule has 0 spiro atoms. The van der Waals surface area contributed by atoms with Crippen LogP contribution < -0.4 is 4.72 Å². The third kappa shape index (κ3) is 3.38. The van der Waals surface area contributed by atoms with Crippen LogP contribution in [-0.2, 0) is 10.0 Å². The van der Waals surface area contributed by atoms with Gasteiger partial charge in [0.1, 0.15) is 0 Å². The van der Waals surface area contributed by atoms with Gasteiger partial charge in [-0.25, -0.2) is 8.42 Å². The van der Waals surface area contributed by atoms with E-state index in [1.54, 1.807) is 18.2 Å². The van der Waals surface area contributed by atoms with E-state index in [2.05, 4.69) is 4.72 Å². The third-order valence-corrected chi connectivity index (χ3v) is 5.85. The summed E-state index contributed by atoms with van der Waals surface area (Å²) in [6, 6.07) is 12.3. The maximum absolute atomic E-state index is 12.6. The number of fused-ring (bicyclic) bond motifs is 1. The summed E-state index contributed by atoms with van der Waals surface area (Å²) in [6.07, 6.45) is 1.47. The van der Waals surface area contributed by atoms with E-state index in [4.69, 9.17) is 0 Å². The predicted molar refractivity (Wildman–Crippen MR) is 99.7 cm³/mol. The quantitative estimate of drug-likeness (QED) is 0.617. The molecule has 1 aliphatic carbocycles. The van der Waals surface area contributed by atoms with Gasteiger partial charge in [-0.1, -0.05) is 36.4 Å². The number of anilines is 1. The van der Waals surface area contributed by atoms with Gasteiger partial charge in [0.2, 0.25) is 0 Å². The molecule has 10 heteroatoms. The first-order valence-electron chi connectivity index (χ1n) is 7.86. The molecule has 1 aliphatic rings. The second-order valence-electron chi connectivity index (χ2n) is 6.30. The summed E-state index contributed by atoms with van der Waals surface area (Å²) >= 11 is 0. The average Bonchev–Trinajstić information content (AvgIpc) is 2.61. The molecule has 140 valence electrons. The van der Waals surface area contributed by atoms with Crippen molar-refractivity contribution in [2.45, 2.75) is 18.9 Å². The molecule has 3 rings (SSSR count). The summed E-state index contributed by atoms with van der Waals surface area (Å²) in [5.41, 5.74) is -2.46. The Morgan fingerprint density at radius 3 is 2.37 bits per heavy atom. The van der Waals surface area contributed by atoms with Gasteiger partial charge in [-0.05, 0) is 22.9 Å². The van der Waals surface area contributed by atoms with Gasteiger partial charge < -0.3 is 0 Å². The SMILES string of the molecule is CC1([N+](=O)[O-])CC=C(S(=O)(=O)Nc2ccc3ccccc3c2)C=C1[N+](=O)[O-]. The first-order valence-corrected chi connectivity index (χ1v) is 9.35. The molecule has 0 bridgehead atoms. The maximum Gasteiger partial charge on any atom is 0.323 e. The number of rotatable bonds is 5. The van der Waals surface area contributed by atoms with Crippen LogP contribution in [0.1, 0.15) is 13.3 Å². The molecule has 0 radical (unpaired) electrons. The van der Waals surface area contributed by atoms with Crippen molar-refractivity contribution in [1.82, 2.24) is 0 Å². The van der Waals surface area contributed by atoms with Crippen LogP contribution in [0.4, 0.5) is 5.69 Å². The van der Waals surface area contributed by atoms with Crippen molar-refractivity contribution in [3.63, 3.8) is 0 Å². The fourth-order valence-corrected chi connectivity index (χ4v) is 3.95. The smallest absolute Gasteiger partial charge is 0.280 e. The molecule has 0 aromatic heterocycles. The normalized spacial score (nSPS) is 19.9. The van der Waals surface area contributed by atoms with Crippen molar-refractivity contribution in [2.75, 3.05) is 4.72 Å². The number of hydrogen-bond donors (Lipinski definition) is 1. The molecule has 9 nitrogen and oxygen atoms in total. The fraction of sp³-hybridized carbons (Fsp3) is 0.176. The van der Waals surface area contributed by atoms with E-state index in [1.165, 1.54) is 0 Å². The van der Waals surface area contributed by atoms with E-state index in [9.17, 15) is 28.6 Å². The fourth-order valence-electron chi connectivity index (χ4n) is 2.82. The van der Waals surface area contributed by atoms with E-state index in [-0.39, 0.29) is 10.6 Å². The topological polar surface area (TPSA) is 132 Å². The Hall–Kier alpha value is -3.27. The minimum atomic E-state index is -4.14. The minimum Gasteiger partial charge on any atom is -0.280 e. The molecule has 27 heavy (non-hydrogen) atoms. The third-order valence-electron chi connectivity index (χ3n) is 4.44. The zero-order valence-electron chi connectivity index (χ0n) is 14.2. The molecular weight excluding hydrogens is 374 g/mol. The summed E-state index contributed by atoms with van der Waals surface area (Å²) in [4.78, 5) is 20.4. The van der Waals surface area contributed by atoms with Crippen LogP contribution in [0.2, 0.25) is 0 Å². The number of hydrogen-bond acceptors (Lipinski definition) is 6. The van der Waals surface area contributed by atoms with Crippen LogP contribution in [0, 0.1) is 20.2 Å². The first kappa shape index (κ1) is 18.5. The first-order chi connectivity index (χ1) is 12.6. The Bertz CT molecular complexity index is 1120. The zero-order chi connectivity index (χ0) is 19.8. The number of sulfonamides is 1. The van der Waals surface area contributed by atoms with Crippen LogP contribution in [0.15, 0.2) is 65.2 Å². The Morgan fingerprint density at radius 2 is 1.74 bits per heavy atom. The number of nitrogens with zero attached hydrogens (tertiary/aromatic N) is 2. The van der Waals surface area contributed by atoms with Gasteiger partial charge in [0.25, 0.3) is 10.0 Å². The number of nitrogens with one attached hydrogen (secondary N) is 1. The molecular formula is C17H15N3O6S. The van der Waals surface area contributed by atoms with Crippen LogP contribution in [0.5, 0.6) is 0 Å². The van der Waals surface area contributed by atoms with Crippen molar-refractivity contribution in [1.29, 1.82) is 0 Å². The Morgan fingerprint density at radius 1 is 1.07 bits per heavy atom. The van der Waals surface area contributed by atoms with E-state index >= 15 is 0 Å². The summed E-state index contributed by atoms with van der Waals surface area (Å²) < 4.78 is 27.6. The molecule has 1 atom stereocenters. The molecule has 0 amide bonds. The highest BCUT2D eigenvalue weighted by atomic mass is 32.2. The van der Waals surface area contributed by atoms with E-state index in [0.29, 0.717) is 0 Å². The van der Waals surface area contributed by atoms with Gasteiger partial charge in [-0.15, -0.1) is 0 Å². The van der Waals surface area contributed by atoms with Crippen LogP contribution in [0.25, 0.3) is 10.8 Å². The lowest BCUT2D eigenvalue weighted by Crippen LogP contribution is -2.41. The summed E-state index contributed by atoms with van der Waals surface area (Å²) in [5, 5.41) is 24.2. The van der Waals surface area contributed by atoms with Gasteiger partial charge in [-0.2, -0.15) is 0 Å². The van der Waals surface area contributed by atoms with Gasteiger partial charge >= 0.3 is 11.2 Å². The van der Waals surface area contributed by atoms with E-state index in [0.717, 1.165) is 29.8 Å². The summed E-state index contributed by atoms with van der Waals surface area (Å²) in [5.74, 6) is 0. The number of allylic oxidation sites excluding steroid dienone is 1. The van der Waals surface area contributed by atoms with Crippen molar-refractivity contribution in [2.24, 2.45) is 0 Å². The van der Waals surface area contributed by atoms with Gasteiger partial charge in [0.15, 0.2) is 0 Å². The van der Waals surface area contributed by atoms with Crippen LogP contribution in [0.3, 0.4) is 0 Å². The minimum absolute atomic E-state index is 0.285. The van der Waals surface area contributed by atoms with Crippen molar-refractivity contribution < 1.29 is 18.3 Å². The van der Waals surface area contributed by atoms with Gasteiger partial charge in [0, 0.05) is 30.0 Å². The lowest BCUT2D eigenvalue weighted by molar-refractivity contribution is -0.592. The molecule has 2 aromatic carbocycles. The summed E-state index contributed by atoms with van der Waals surface area (Å²) in [7, 11) is -4.14. The average molecular weight is 389 g/mol. The largest absolute Gasteiger partial charge is 0.323 e. The van der Waals surface area contributed by atoms with Gasteiger partial charge in [-0.3, -0.25) is 25.0 Å². The number of nitro groups is 2. The van der Waals surface area contributed by atoms with Crippen LogP contribution in [-0.4, -0.2) is 23.8 Å². The maximum atomic E-state index is 12.6. The Labute approximate surface area is 154 Å². The van der Waals surface area contributed by atoms with Crippen molar-refractivity contribution in [3.8, 4) is 0 Å². The highest BCUT2D eigenvalue weighted by Gasteiger charge is 2.52. The Kier molecular flexibility index (Phi) is 4.44. The standard InChI is InChI=1S/C17H15N3O6S/c1-17(20(23)24)9-8-15(11-16(17)19(21)22)27(25,26)18-14-7-6-12-4-2-3-5-13(12)10-14/h2-8,10-11,18H,9H2,1H3. The monoisotopic (exact) mass is 389 g/mol. The summed E-state index contributed by atoms with van der Waals surface area (Å²) in [6.45, 7) is 1.10. The molecule has 0 saturated heterocycles.